The van der Waals surface area contributed by atoms with Gasteiger partial charge in [0.2, 0.25) is 0 Å². The van der Waals surface area contributed by atoms with Gasteiger partial charge in [0.15, 0.2) is 5.84 Å². The van der Waals surface area contributed by atoms with Crippen LogP contribution < -0.4 is 11.1 Å². The normalized spacial score (nSPS) is 13.7. The molecule has 0 bridgehead atoms. The first-order valence-corrected chi connectivity index (χ1v) is 7.19. The molecule has 5 heteroatoms. The molecule has 0 aliphatic heterocycles. The second-order valence-corrected chi connectivity index (χ2v) is 5.64. The van der Waals surface area contributed by atoms with Crippen LogP contribution in [0.2, 0.25) is 0 Å². The van der Waals surface area contributed by atoms with Crippen molar-refractivity contribution in [2.75, 3.05) is 0 Å². The highest BCUT2D eigenvalue weighted by Crippen LogP contribution is 2.09. The maximum absolute atomic E-state index is 8.65. The molecule has 0 aliphatic carbocycles. The summed E-state index contributed by atoms with van der Waals surface area (Å²) in [5, 5.41) is 15.1. The van der Waals surface area contributed by atoms with Gasteiger partial charge < -0.3 is 16.3 Å². The first kappa shape index (κ1) is 16.4. The summed E-state index contributed by atoms with van der Waals surface area (Å²) in [6, 6.07) is 4.25. The lowest BCUT2D eigenvalue weighted by Gasteiger charge is -2.14. The third-order valence-electron chi connectivity index (χ3n) is 3.27. The Balaban J connectivity index is 2.41. The van der Waals surface area contributed by atoms with Crippen LogP contribution in [0.4, 0.5) is 0 Å². The summed E-state index contributed by atoms with van der Waals surface area (Å²) in [6.07, 6.45) is 5.37. The van der Waals surface area contributed by atoms with Gasteiger partial charge in [-0.1, -0.05) is 31.8 Å². The van der Waals surface area contributed by atoms with E-state index in [1.54, 1.807) is 6.20 Å². The number of hydrogen-bond donors (Lipinski definition) is 3. The van der Waals surface area contributed by atoms with Crippen LogP contribution in [0.1, 0.15) is 51.3 Å². The van der Waals surface area contributed by atoms with Crippen LogP contribution in [0.15, 0.2) is 23.5 Å². The number of pyridine rings is 1. The molecule has 4 N–H and O–H groups in total. The van der Waals surface area contributed by atoms with Gasteiger partial charge in [-0.3, -0.25) is 4.98 Å². The van der Waals surface area contributed by atoms with Crippen molar-refractivity contribution in [3.63, 3.8) is 0 Å². The fourth-order valence-corrected chi connectivity index (χ4v) is 2.00. The van der Waals surface area contributed by atoms with Gasteiger partial charge in [0.25, 0.3) is 0 Å². The first-order chi connectivity index (χ1) is 9.52. The lowest BCUT2D eigenvalue weighted by Crippen LogP contribution is -2.25. The molecular formula is C15H26N4O. The Kier molecular flexibility index (Phi) is 7.01. The molecule has 0 spiro atoms. The zero-order chi connectivity index (χ0) is 15.0. The molecule has 0 aliphatic rings. The van der Waals surface area contributed by atoms with Gasteiger partial charge in [-0.15, -0.1) is 0 Å². The Morgan fingerprint density at radius 3 is 2.80 bits per heavy atom. The highest BCUT2D eigenvalue weighted by molar-refractivity contribution is 5.95. The van der Waals surface area contributed by atoms with E-state index < -0.39 is 0 Å². The van der Waals surface area contributed by atoms with E-state index in [1.165, 1.54) is 19.3 Å². The van der Waals surface area contributed by atoms with Crippen molar-refractivity contribution < 1.29 is 5.21 Å². The van der Waals surface area contributed by atoms with E-state index in [0.717, 1.165) is 18.0 Å². The molecule has 0 fully saturated rings. The summed E-state index contributed by atoms with van der Waals surface area (Å²) in [4.78, 5) is 4.06. The number of nitrogens with zero attached hydrogens (tertiary/aromatic N) is 2. The van der Waals surface area contributed by atoms with E-state index in [1.807, 2.05) is 12.1 Å². The van der Waals surface area contributed by atoms with Gasteiger partial charge in [-0.05, 0) is 37.0 Å². The fraction of sp³-hybridized carbons (Fsp3) is 0.600. The third-order valence-corrected chi connectivity index (χ3v) is 3.27. The Hall–Kier alpha value is -1.62. The van der Waals surface area contributed by atoms with Crippen LogP contribution >= 0.6 is 0 Å². The molecule has 0 radical (unpaired) electrons. The monoisotopic (exact) mass is 278 g/mol. The zero-order valence-corrected chi connectivity index (χ0v) is 12.6. The van der Waals surface area contributed by atoms with Crippen molar-refractivity contribution in [1.29, 1.82) is 0 Å². The highest BCUT2D eigenvalue weighted by Gasteiger charge is 2.05. The summed E-state index contributed by atoms with van der Waals surface area (Å²) >= 11 is 0. The van der Waals surface area contributed by atoms with Crippen LogP contribution in [0, 0.1) is 5.92 Å². The SMILES string of the molecule is CC(C)CCCC(C)NCc1ccnc(C(N)=NO)c1. The van der Waals surface area contributed by atoms with E-state index in [4.69, 9.17) is 10.9 Å². The van der Waals surface area contributed by atoms with Crippen LogP contribution in [0.5, 0.6) is 0 Å². The number of nitrogens with two attached hydrogens (primary N) is 1. The summed E-state index contributed by atoms with van der Waals surface area (Å²) < 4.78 is 0. The average Bonchev–Trinajstić information content (AvgIpc) is 2.44. The number of aromatic nitrogens is 1. The number of rotatable bonds is 8. The maximum Gasteiger partial charge on any atom is 0.188 e. The van der Waals surface area contributed by atoms with Crippen LogP contribution in [0.3, 0.4) is 0 Å². The van der Waals surface area contributed by atoms with E-state index >= 15 is 0 Å². The van der Waals surface area contributed by atoms with Crippen molar-refractivity contribution in [1.82, 2.24) is 10.3 Å². The number of hydrogen-bond acceptors (Lipinski definition) is 4. The molecule has 1 aromatic heterocycles. The minimum absolute atomic E-state index is 0.0387. The second kappa shape index (κ2) is 8.53. The van der Waals surface area contributed by atoms with Crippen molar-refractivity contribution >= 4 is 5.84 Å². The van der Waals surface area contributed by atoms with Gasteiger partial charge >= 0.3 is 0 Å². The average molecular weight is 278 g/mol. The fourth-order valence-electron chi connectivity index (χ4n) is 2.00. The lowest BCUT2D eigenvalue weighted by molar-refractivity contribution is 0.318. The van der Waals surface area contributed by atoms with E-state index in [9.17, 15) is 0 Å². The Bertz CT molecular complexity index is 432. The molecule has 20 heavy (non-hydrogen) atoms. The molecule has 0 saturated heterocycles. The molecule has 0 amide bonds. The summed E-state index contributed by atoms with van der Waals surface area (Å²) in [5.74, 6) is 0.808. The molecule has 112 valence electrons. The van der Waals surface area contributed by atoms with Gasteiger partial charge in [0, 0.05) is 18.8 Å². The maximum atomic E-state index is 8.65. The van der Waals surface area contributed by atoms with Crippen LogP contribution in [-0.2, 0) is 6.54 Å². The molecule has 1 rings (SSSR count). The van der Waals surface area contributed by atoms with Gasteiger partial charge in [-0.25, -0.2) is 0 Å². The van der Waals surface area contributed by atoms with Crippen molar-refractivity contribution in [3.05, 3.63) is 29.6 Å². The minimum atomic E-state index is 0.0387. The molecule has 0 saturated carbocycles. The Morgan fingerprint density at radius 2 is 2.15 bits per heavy atom. The smallest absolute Gasteiger partial charge is 0.188 e. The number of oxime groups is 1. The molecule has 0 aromatic carbocycles. The Labute approximate surface area is 121 Å². The standard InChI is InChI=1S/C15H26N4O/c1-11(2)5-4-6-12(3)18-10-13-7-8-17-14(9-13)15(16)19-20/h7-9,11-12,18,20H,4-6,10H2,1-3H3,(H2,16,19). The molecule has 1 heterocycles. The van der Waals surface area contributed by atoms with Crippen LogP contribution in [0.25, 0.3) is 0 Å². The van der Waals surface area contributed by atoms with Gasteiger partial charge in [0.05, 0.1) is 0 Å². The highest BCUT2D eigenvalue weighted by atomic mass is 16.4. The van der Waals surface area contributed by atoms with E-state index in [-0.39, 0.29) is 5.84 Å². The largest absolute Gasteiger partial charge is 0.409 e. The molecule has 1 atom stereocenters. The van der Waals surface area contributed by atoms with E-state index in [2.05, 4.69) is 36.2 Å². The van der Waals surface area contributed by atoms with Crippen molar-refractivity contribution in [2.45, 2.75) is 52.6 Å². The van der Waals surface area contributed by atoms with Crippen molar-refractivity contribution in [3.8, 4) is 0 Å². The first-order valence-electron chi connectivity index (χ1n) is 7.19. The van der Waals surface area contributed by atoms with E-state index in [0.29, 0.717) is 11.7 Å². The predicted molar refractivity (Wildman–Crippen MR) is 81.7 cm³/mol. The summed E-state index contributed by atoms with van der Waals surface area (Å²) in [7, 11) is 0. The van der Waals surface area contributed by atoms with Crippen LogP contribution in [-0.4, -0.2) is 22.1 Å². The minimum Gasteiger partial charge on any atom is -0.409 e. The number of amidine groups is 1. The topological polar surface area (TPSA) is 83.5 Å². The summed E-state index contributed by atoms with van der Waals surface area (Å²) in [6.45, 7) is 7.47. The molecular weight excluding hydrogens is 252 g/mol. The zero-order valence-electron chi connectivity index (χ0n) is 12.6. The van der Waals surface area contributed by atoms with Gasteiger partial charge in [0.1, 0.15) is 5.69 Å². The van der Waals surface area contributed by atoms with Crippen molar-refractivity contribution in [2.24, 2.45) is 16.8 Å². The van der Waals surface area contributed by atoms with Gasteiger partial charge in [-0.2, -0.15) is 0 Å². The molecule has 1 unspecified atom stereocenters. The second-order valence-electron chi connectivity index (χ2n) is 5.64. The lowest BCUT2D eigenvalue weighted by atomic mass is 10.0. The number of nitrogens with one attached hydrogen (secondary N) is 1. The molecule has 1 aromatic rings. The predicted octanol–water partition coefficient (Wildman–Crippen LogP) is 2.48. The molecule has 5 nitrogen and oxygen atoms in total. The summed E-state index contributed by atoms with van der Waals surface area (Å²) in [5.41, 5.74) is 7.11. The third kappa shape index (κ3) is 6.02. The Morgan fingerprint density at radius 1 is 1.40 bits per heavy atom. The quantitative estimate of drug-likeness (QED) is 0.295.